The fourth-order valence-electron chi connectivity index (χ4n) is 5.63. The van der Waals surface area contributed by atoms with Crippen LogP contribution in [0, 0.1) is 6.92 Å². The van der Waals surface area contributed by atoms with Crippen LogP contribution in [0.5, 0.6) is 0 Å². The largest absolute Gasteiger partial charge is 0.325 e. The summed E-state index contributed by atoms with van der Waals surface area (Å²) in [4.78, 5) is 20.8. The number of fused-ring (bicyclic) bond motifs is 4. The molecule has 0 N–H and O–H groups in total. The number of hydrogen-bond donors (Lipinski definition) is 0. The Kier molecular flexibility index (Phi) is 5.42. The van der Waals surface area contributed by atoms with Crippen molar-refractivity contribution in [2.24, 2.45) is 7.05 Å². The number of rotatable bonds is 3. The Morgan fingerprint density at radius 3 is 2.66 bits per heavy atom. The van der Waals surface area contributed by atoms with Crippen LogP contribution in [0.15, 0.2) is 48.8 Å². The molecule has 6 rings (SSSR count). The van der Waals surface area contributed by atoms with Gasteiger partial charge in [0.1, 0.15) is 0 Å². The van der Waals surface area contributed by atoms with Crippen molar-refractivity contribution < 1.29 is 4.79 Å². The minimum atomic E-state index is -0.104. The number of aryl methyl sites for hydroxylation is 2. The number of carbonyl (C=O) groups is 1. The summed E-state index contributed by atoms with van der Waals surface area (Å²) in [6.07, 6.45) is 7.13. The first-order chi connectivity index (χ1) is 16.9. The van der Waals surface area contributed by atoms with E-state index in [1.54, 1.807) is 16.9 Å². The van der Waals surface area contributed by atoms with Crippen LogP contribution in [0.25, 0.3) is 16.9 Å². The van der Waals surface area contributed by atoms with Gasteiger partial charge in [0.2, 0.25) is 0 Å². The normalized spacial score (nSPS) is 19.0. The van der Waals surface area contributed by atoms with Crippen LogP contribution in [0.3, 0.4) is 0 Å². The minimum Gasteiger partial charge on any atom is -0.325 e. The van der Waals surface area contributed by atoms with Gasteiger partial charge in [0.25, 0.3) is 5.91 Å². The van der Waals surface area contributed by atoms with E-state index in [0.717, 1.165) is 48.3 Å². The lowest BCUT2D eigenvalue weighted by Gasteiger charge is -2.45. The number of halogens is 2. The number of amides is 1. The van der Waals surface area contributed by atoms with Crippen LogP contribution in [0.1, 0.15) is 52.7 Å². The first kappa shape index (κ1) is 22.3. The monoisotopic (exact) mass is 506 g/mol. The molecule has 0 spiro atoms. The van der Waals surface area contributed by atoms with Crippen LogP contribution >= 0.6 is 23.2 Å². The van der Waals surface area contributed by atoms with Crippen LogP contribution < -0.4 is 0 Å². The topological polar surface area (TPSA) is 68.8 Å². The van der Waals surface area contributed by atoms with Crippen LogP contribution in [0.2, 0.25) is 10.0 Å². The summed E-state index contributed by atoms with van der Waals surface area (Å²) in [7, 11) is 1.94. The van der Waals surface area contributed by atoms with E-state index in [-0.39, 0.29) is 18.0 Å². The second-order valence-corrected chi connectivity index (χ2v) is 10.2. The molecule has 2 aliphatic rings. The van der Waals surface area contributed by atoms with E-state index in [1.165, 1.54) is 5.56 Å². The second-order valence-electron chi connectivity index (χ2n) is 9.28. The molecule has 0 radical (unpaired) electrons. The van der Waals surface area contributed by atoms with Gasteiger partial charge in [-0.15, -0.1) is 0 Å². The lowest BCUT2D eigenvalue weighted by molar-refractivity contribution is 0.0385. The summed E-state index contributed by atoms with van der Waals surface area (Å²) in [6, 6.07) is 11.2. The van der Waals surface area contributed by atoms with Gasteiger partial charge in [-0.25, -0.2) is 9.67 Å². The molecule has 1 saturated heterocycles. The van der Waals surface area contributed by atoms with Gasteiger partial charge in [-0.1, -0.05) is 23.2 Å². The van der Waals surface area contributed by atoms with Gasteiger partial charge >= 0.3 is 0 Å². The number of pyridine rings is 1. The highest BCUT2D eigenvalue weighted by Crippen LogP contribution is 2.45. The molecule has 2 atom stereocenters. The molecular weight excluding hydrogens is 483 g/mol. The molecule has 0 aliphatic carbocycles. The molecule has 9 heteroatoms. The molecular formula is C26H24Cl2N6O. The van der Waals surface area contributed by atoms with Crippen molar-refractivity contribution in [3.8, 4) is 16.9 Å². The van der Waals surface area contributed by atoms with Crippen LogP contribution in [-0.2, 0) is 13.5 Å². The highest BCUT2D eigenvalue weighted by molar-refractivity contribution is 6.35. The maximum atomic E-state index is 14.1. The number of piperidine rings is 1. The summed E-state index contributed by atoms with van der Waals surface area (Å²) in [5, 5.41) is 10.4. The van der Waals surface area contributed by atoms with E-state index in [1.807, 2.05) is 60.1 Å². The molecule has 3 aromatic heterocycles. The number of carbonyl (C=O) groups excluding carboxylic acids is 1. The Balaban J connectivity index is 1.45. The molecule has 1 fully saturated rings. The van der Waals surface area contributed by atoms with Crippen molar-refractivity contribution in [3.05, 3.63) is 81.5 Å². The Bertz CT molecular complexity index is 1420. The maximum absolute atomic E-state index is 14.1. The molecule has 1 amide bonds. The maximum Gasteiger partial charge on any atom is 0.275 e. The van der Waals surface area contributed by atoms with Crippen molar-refractivity contribution in [3.63, 3.8) is 0 Å². The molecule has 0 unspecified atom stereocenters. The standard InChI is InChI=1S/C26H24Cl2N6O/c1-15-7-8-21(33-10-4-9-29-33)24(30-15)26(35)34-19-5-3-6-22(34)23-20(14-19)25(32(2)31-23)16-11-17(27)13-18(28)12-16/h4,7-13,19,22H,3,5-6,14H2,1-2H3/t19-,22+/m1/s1. The van der Waals surface area contributed by atoms with Crippen LogP contribution in [-0.4, -0.2) is 41.4 Å². The van der Waals surface area contributed by atoms with Crippen molar-refractivity contribution >= 4 is 29.1 Å². The quantitative estimate of drug-likeness (QED) is 0.363. The highest BCUT2D eigenvalue weighted by Gasteiger charge is 2.44. The smallest absolute Gasteiger partial charge is 0.275 e. The summed E-state index contributed by atoms with van der Waals surface area (Å²) in [5.41, 5.74) is 5.99. The number of hydrogen-bond acceptors (Lipinski definition) is 4. The number of aromatic nitrogens is 5. The van der Waals surface area contributed by atoms with Gasteiger partial charge in [-0.2, -0.15) is 10.2 Å². The van der Waals surface area contributed by atoms with Gasteiger partial charge in [0.05, 0.1) is 23.1 Å². The average Bonchev–Trinajstić information content (AvgIpc) is 3.45. The lowest BCUT2D eigenvalue weighted by Crippen LogP contribution is -2.50. The van der Waals surface area contributed by atoms with Gasteiger partial charge < -0.3 is 4.90 Å². The van der Waals surface area contributed by atoms with E-state index in [0.29, 0.717) is 21.4 Å². The Labute approximate surface area is 213 Å². The molecule has 2 bridgehead atoms. The third-order valence-corrected chi connectivity index (χ3v) is 7.45. The van der Waals surface area contributed by atoms with Crippen molar-refractivity contribution in [1.82, 2.24) is 29.4 Å². The predicted molar refractivity (Wildman–Crippen MR) is 135 cm³/mol. The third kappa shape index (κ3) is 3.74. The SMILES string of the molecule is Cc1ccc(-n2cccn2)c(C(=O)N2[C@@H]3CCC[C@H]2c2nn(C)c(-c4cc(Cl)cc(Cl)c4)c2C3)n1. The number of nitrogens with zero attached hydrogens (tertiary/aromatic N) is 6. The number of benzene rings is 1. The van der Waals surface area contributed by atoms with Gasteiger partial charge in [0.15, 0.2) is 5.69 Å². The fourth-order valence-corrected chi connectivity index (χ4v) is 6.15. The van der Waals surface area contributed by atoms with Crippen LogP contribution in [0.4, 0.5) is 0 Å². The molecule has 178 valence electrons. The lowest BCUT2D eigenvalue weighted by atomic mass is 9.81. The summed E-state index contributed by atoms with van der Waals surface area (Å²) in [6.45, 7) is 1.90. The zero-order valence-electron chi connectivity index (χ0n) is 19.4. The molecule has 0 saturated carbocycles. The zero-order valence-corrected chi connectivity index (χ0v) is 21.0. The van der Waals surface area contributed by atoms with Crippen molar-refractivity contribution in [1.29, 1.82) is 0 Å². The molecule has 35 heavy (non-hydrogen) atoms. The van der Waals surface area contributed by atoms with E-state index in [2.05, 4.69) is 10.1 Å². The molecule has 2 aliphatic heterocycles. The summed E-state index contributed by atoms with van der Waals surface area (Å²) in [5.74, 6) is -0.0717. The molecule has 1 aromatic carbocycles. The van der Waals surface area contributed by atoms with Gasteiger partial charge in [-0.05, 0) is 69.0 Å². The van der Waals surface area contributed by atoms with Gasteiger partial charge in [0, 0.05) is 52.3 Å². The van der Waals surface area contributed by atoms with E-state index in [4.69, 9.17) is 28.3 Å². The van der Waals surface area contributed by atoms with Gasteiger partial charge in [-0.3, -0.25) is 9.48 Å². The Hall–Kier alpha value is -3.16. The Morgan fingerprint density at radius 1 is 1.11 bits per heavy atom. The highest BCUT2D eigenvalue weighted by atomic mass is 35.5. The molecule has 4 aromatic rings. The average molecular weight is 507 g/mol. The third-order valence-electron chi connectivity index (χ3n) is 7.01. The Morgan fingerprint density at radius 2 is 1.91 bits per heavy atom. The van der Waals surface area contributed by atoms with E-state index >= 15 is 0 Å². The van der Waals surface area contributed by atoms with Crippen molar-refractivity contribution in [2.75, 3.05) is 0 Å². The summed E-state index contributed by atoms with van der Waals surface area (Å²) < 4.78 is 3.60. The zero-order chi connectivity index (χ0) is 24.3. The first-order valence-electron chi connectivity index (χ1n) is 11.7. The van der Waals surface area contributed by atoms with E-state index < -0.39 is 0 Å². The second kappa shape index (κ2) is 8.50. The summed E-state index contributed by atoms with van der Waals surface area (Å²) >= 11 is 12.6. The minimum absolute atomic E-state index is 0.0686. The van der Waals surface area contributed by atoms with E-state index in [9.17, 15) is 4.79 Å². The molecule has 5 heterocycles. The molecule has 7 nitrogen and oxygen atoms in total. The fraction of sp³-hybridized carbons (Fsp3) is 0.308. The predicted octanol–water partition coefficient (Wildman–Crippen LogP) is 5.58. The first-order valence-corrected chi connectivity index (χ1v) is 12.5. The van der Waals surface area contributed by atoms with Crippen molar-refractivity contribution in [2.45, 2.75) is 44.7 Å².